The maximum atomic E-state index is 11.5. The van der Waals surface area contributed by atoms with E-state index in [9.17, 15) is 4.79 Å². The molecule has 1 aromatic rings. The predicted molar refractivity (Wildman–Crippen MR) is 78.4 cm³/mol. The van der Waals surface area contributed by atoms with E-state index in [0.717, 1.165) is 9.90 Å². The summed E-state index contributed by atoms with van der Waals surface area (Å²) in [4.78, 5) is 13.1. The number of rotatable bonds is 5. The van der Waals surface area contributed by atoms with Crippen molar-refractivity contribution < 1.29 is 4.79 Å². The highest BCUT2D eigenvalue weighted by molar-refractivity contribution is 7.99. The van der Waals surface area contributed by atoms with Crippen LogP contribution in [0.4, 0.5) is 10.7 Å². The summed E-state index contributed by atoms with van der Waals surface area (Å²) in [6, 6.07) is 0.360. The minimum Gasteiger partial charge on any atom is -0.396 e. The predicted octanol–water partition coefficient (Wildman–Crippen LogP) is 3.71. The van der Waals surface area contributed by atoms with Crippen LogP contribution >= 0.6 is 23.1 Å². The first-order chi connectivity index (χ1) is 7.88. The molecule has 1 atom stereocenters. The number of nitrogens with two attached hydrogens (primary N) is 1. The zero-order valence-corrected chi connectivity index (χ0v) is 12.6. The molecule has 5 heteroatoms. The SMILES string of the molecule is CSc1c(NC(C)C(C)C)sc(C(C)=O)c1N. The highest BCUT2D eigenvalue weighted by Crippen LogP contribution is 2.42. The second kappa shape index (κ2) is 5.78. The summed E-state index contributed by atoms with van der Waals surface area (Å²) in [6.07, 6.45) is 1.98. The Bertz CT molecular complexity index is 413. The van der Waals surface area contributed by atoms with Gasteiger partial charge in [0.2, 0.25) is 0 Å². The zero-order valence-electron chi connectivity index (χ0n) is 11.0. The summed E-state index contributed by atoms with van der Waals surface area (Å²) in [6.45, 7) is 8.03. The molecule has 0 radical (unpaired) electrons. The largest absolute Gasteiger partial charge is 0.396 e. The van der Waals surface area contributed by atoms with Gasteiger partial charge in [0.25, 0.3) is 0 Å². The smallest absolute Gasteiger partial charge is 0.171 e. The standard InChI is InChI=1S/C12H20N2OS2/c1-6(2)7(3)14-12-11(16-5)9(13)10(17-12)8(4)15/h6-7,14H,13H2,1-5H3. The molecule has 1 unspecified atom stereocenters. The van der Waals surface area contributed by atoms with E-state index in [1.165, 1.54) is 11.3 Å². The lowest BCUT2D eigenvalue weighted by Crippen LogP contribution is -2.21. The topological polar surface area (TPSA) is 55.1 Å². The van der Waals surface area contributed by atoms with Crippen LogP contribution in [0.2, 0.25) is 0 Å². The zero-order chi connectivity index (χ0) is 13.2. The Morgan fingerprint density at radius 2 is 2.00 bits per heavy atom. The van der Waals surface area contributed by atoms with Gasteiger partial charge in [-0.25, -0.2) is 0 Å². The van der Waals surface area contributed by atoms with Gasteiger partial charge in [-0.2, -0.15) is 0 Å². The Labute approximate surface area is 111 Å². The first kappa shape index (κ1) is 14.4. The number of Topliss-reactive ketones (excluding diaryl/α,β-unsaturated/α-hetero) is 1. The number of carbonyl (C=O) groups is 1. The monoisotopic (exact) mass is 272 g/mol. The number of hydrogen-bond acceptors (Lipinski definition) is 5. The van der Waals surface area contributed by atoms with Crippen LogP contribution in [0.1, 0.15) is 37.4 Å². The van der Waals surface area contributed by atoms with Gasteiger partial charge in [0.1, 0.15) is 5.00 Å². The van der Waals surface area contributed by atoms with E-state index < -0.39 is 0 Å². The van der Waals surface area contributed by atoms with Crippen molar-refractivity contribution in [1.29, 1.82) is 0 Å². The fourth-order valence-corrected chi connectivity index (χ4v) is 3.37. The molecule has 0 amide bonds. The normalized spacial score (nSPS) is 12.8. The number of thioether (sulfide) groups is 1. The molecule has 3 N–H and O–H groups in total. The van der Waals surface area contributed by atoms with Crippen LogP contribution in [0.25, 0.3) is 0 Å². The van der Waals surface area contributed by atoms with Gasteiger partial charge in [0.15, 0.2) is 5.78 Å². The fourth-order valence-electron chi connectivity index (χ4n) is 1.36. The minimum absolute atomic E-state index is 0.0352. The molecule has 0 aliphatic carbocycles. The van der Waals surface area contributed by atoms with Crippen LogP contribution in [0.5, 0.6) is 0 Å². The van der Waals surface area contributed by atoms with E-state index in [1.807, 2.05) is 6.26 Å². The van der Waals surface area contributed by atoms with Gasteiger partial charge in [-0.15, -0.1) is 23.1 Å². The number of thiophene rings is 1. The average molecular weight is 272 g/mol. The van der Waals surface area contributed by atoms with Crippen molar-refractivity contribution in [2.24, 2.45) is 5.92 Å². The molecule has 1 heterocycles. The lowest BCUT2D eigenvalue weighted by molar-refractivity contribution is 0.102. The van der Waals surface area contributed by atoms with Crippen LogP contribution in [0, 0.1) is 5.92 Å². The van der Waals surface area contributed by atoms with Crippen molar-refractivity contribution in [3.05, 3.63) is 4.88 Å². The minimum atomic E-state index is 0.0352. The van der Waals surface area contributed by atoms with Crippen LogP contribution < -0.4 is 11.1 Å². The second-order valence-electron chi connectivity index (χ2n) is 4.44. The molecule has 0 bridgehead atoms. The third-order valence-corrected chi connectivity index (χ3v) is 4.98. The number of ketones is 1. The molecule has 0 saturated carbocycles. The summed E-state index contributed by atoms with van der Waals surface area (Å²) < 4.78 is 0. The highest BCUT2D eigenvalue weighted by atomic mass is 32.2. The van der Waals surface area contributed by atoms with E-state index in [-0.39, 0.29) is 5.78 Å². The van der Waals surface area contributed by atoms with E-state index in [1.54, 1.807) is 18.7 Å². The lowest BCUT2D eigenvalue weighted by Gasteiger charge is -2.18. The third kappa shape index (κ3) is 3.16. The average Bonchev–Trinajstić information content (AvgIpc) is 2.54. The van der Waals surface area contributed by atoms with Gasteiger partial charge in [-0.1, -0.05) is 13.8 Å². The Morgan fingerprint density at radius 3 is 2.41 bits per heavy atom. The molecular formula is C12H20N2OS2. The maximum Gasteiger partial charge on any atom is 0.171 e. The van der Waals surface area contributed by atoms with E-state index in [4.69, 9.17) is 5.73 Å². The maximum absolute atomic E-state index is 11.5. The van der Waals surface area contributed by atoms with Gasteiger partial charge in [0, 0.05) is 13.0 Å². The fraction of sp³-hybridized carbons (Fsp3) is 0.583. The quantitative estimate of drug-likeness (QED) is 0.634. The second-order valence-corrected chi connectivity index (χ2v) is 6.28. The number of carbonyl (C=O) groups excluding carboxylic acids is 1. The molecule has 0 aliphatic rings. The molecule has 1 rings (SSSR count). The van der Waals surface area contributed by atoms with Gasteiger partial charge in [0.05, 0.1) is 15.5 Å². The van der Waals surface area contributed by atoms with Crippen molar-refractivity contribution in [2.45, 2.75) is 38.6 Å². The number of nitrogens with one attached hydrogen (secondary N) is 1. The molecule has 17 heavy (non-hydrogen) atoms. The third-order valence-electron chi connectivity index (χ3n) is 2.78. The molecule has 0 aliphatic heterocycles. The Balaban J connectivity index is 3.07. The molecule has 0 aromatic carbocycles. The number of hydrogen-bond donors (Lipinski definition) is 2. The van der Waals surface area contributed by atoms with Crippen molar-refractivity contribution in [1.82, 2.24) is 0 Å². The van der Waals surface area contributed by atoms with Crippen molar-refractivity contribution in [2.75, 3.05) is 17.3 Å². The summed E-state index contributed by atoms with van der Waals surface area (Å²) in [5.74, 6) is 0.571. The van der Waals surface area contributed by atoms with Crippen molar-refractivity contribution in [3.63, 3.8) is 0 Å². The molecule has 1 aromatic heterocycles. The first-order valence-corrected chi connectivity index (χ1v) is 7.66. The Kier molecular flexibility index (Phi) is 4.89. The summed E-state index contributed by atoms with van der Waals surface area (Å²) in [5, 5.41) is 4.46. The Hall–Kier alpha value is -0.680. The first-order valence-electron chi connectivity index (χ1n) is 5.62. The van der Waals surface area contributed by atoms with Crippen LogP contribution in [-0.4, -0.2) is 18.1 Å². The highest BCUT2D eigenvalue weighted by Gasteiger charge is 2.19. The van der Waals surface area contributed by atoms with Crippen LogP contribution in [-0.2, 0) is 0 Å². The van der Waals surface area contributed by atoms with Crippen molar-refractivity contribution >= 4 is 39.6 Å². The lowest BCUT2D eigenvalue weighted by atomic mass is 10.1. The molecule has 0 fully saturated rings. The van der Waals surface area contributed by atoms with Gasteiger partial charge in [-0.05, 0) is 19.1 Å². The van der Waals surface area contributed by atoms with Gasteiger partial charge in [-0.3, -0.25) is 4.79 Å². The molecular weight excluding hydrogens is 252 g/mol. The van der Waals surface area contributed by atoms with Crippen LogP contribution in [0.15, 0.2) is 4.90 Å². The molecule has 3 nitrogen and oxygen atoms in total. The van der Waals surface area contributed by atoms with Gasteiger partial charge < -0.3 is 11.1 Å². The van der Waals surface area contributed by atoms with Crippen LogP contribution in [0.3, 0.4) is 0 Å². The van der Waals surface area contributed by atoms with Crippen molar-refractivity contribution in [3.8, 4) is 0 Å². The number of anilines is 2. The number of nitrogen functional groups attached to an aromatic ring is 1. The summed E-state index contributed by atoms with van der Waals surface area (Å²) in [7, 11) is 0. The summed E-state index contributed by atoms with van der Waals surface area (Å²) >= 11 is 3.04. The van der Waals surface area contributed by atoms with Gasteiger partial charge >= 0.3 is 0 Å². The van der Waals surface area contributed by atoms with E-state index >= 15 is 0 Å². The van der Waals surface area contributed by atoms with E-state index in [0.29, 0.717) is 22.5 Å². The molecule has 96 valence electrons. The van der Waals surface area contributed by atoms with E-state index in [2.05, 4.69) is 26.1 Å². The molecule has 0 spiro atoms. The Morgan fingerprint density at radius 1 is 1.41 bits per heavy atom. The summed E-state index contributed by atoms with van der Waals surface area (Å²) in [5.41, 5.74) is 6.62. The molecule has 0 saturated heterocycles.